The molecule has 5 heteroatoms. The third-order valence-electron chi connectivity index (χ3n) is 2.82. The van der Waals surface area contributed by atoms with E-state index in [1.807, 2.05) is 43.5 Å². The van der Waals surface area contributed by atoms with Gasteiger partial charge in [0.1, 0.15) is 0 Å². The molecule has 0 radical (unpaired) electrons. The highest BCUT2D eigenvalue weighted by Crippen LogP contribution is 2.14. The van der Waals surface area contributed by atoms with E-state index in [0.29, 0.717) is 6.42 Å². The van der Waals surface area contributed by atoms with Crippen molar-refractivity contribution in [3.05, 3.63) is 42.7 Å². The number of aromatic nitrogens is 2. The fourth-order valence-electron chi connectivity index (χ4n) is 1.82. The first-order valence-electron chi connectivity index (χ1n) is 6.37. The van der Waals surface area contributed by atoms with Crippen LogP contribution in [-0.2, 0) is 4.79 Å². The molecule has 1 amide bonds. The second-order valence-corrected chi connectivity index (χ2v) is 4.39. The van der Waals surface area contributed by atoms with Crippen LogP contribution in [0.5, 0.6) is 0 Å². The number of hydrogen-bond donors (Lipinski definition) is 2. The maximum absolute atomic E-state index is 11.8. The van der Waals surface area contributed by atoms with Gasteiger partial charge in [-0.3, -0.25) is 4.79 Å². The molecule has 0 aliphatic carbocycles. The highest BCUT2D eigenvalue weighted by molar-refractivity contribution is 5.94. The molecule has 0 bridgehead atoms. The summed E-state index contributed by atoms with van der Waals surface area (Å²) in [4.78, 5) is 11.8. The molecule has 0 spiro atoms. The monoisotopic (exact) mass is 258 g/mol. The van der Waals surface area contributed by atoms with Gasteiger partial charge in [-0.2, -0.15) is 5.10 Å². The van der Waals surface area contributed by atoms with Crippen LogP contribution in [0.4, 0.5) is 5.69 Å². The smallest absolute Gasteiger partial charge is 0.241 e. The van der Waals surface area contributed by atoms with Crippen molar-refractivity contribution in [2.45, 2.75) is 25.8 Å². The van der Waals surface area contributed by atoms with E-state index in [4.69, 9.17) is 5.73 Å². The molecule has 2 rings (SSSR count). The number of rotatable bonds is 5. The molecular formula is C14H18N4O. The summed E-state index contributed by atoms with van der Waals surface area (Å²) in [6.45, 7) is 2.01. The molecule has 100 valence electrons. The van der Waals surface area contributed by atoms with Crippen molar-refractivity contribution in [3.8, 4) is 5.69 Å². The van der Waals surface area contributed by atoms with E-state index in [1.54, 1.807) is 10.9 Å². The zero-order chi connectivity index (χ0) is 13.7. The summed E-state index contributed by atoms with van der Waals surface area (Å²) in [5.74, 6) is -0.153. The van der Waals surface area contributed by atoms with Gasteiger partial charge in [0, 0.05) is 18.1 Å². The molecule has 5 nitrogen and oxygen atoms in total. The van der Waals surface area contributed by atoms with E-state index in [9.17, 15) is 4.79 Å². The van der Waals surface area contributed by atoms with E-state index >= 15 is 0 Å². The molecule has 1 atom stereocenters. The van der Waals surface area contributed by atoms with Gasteiger partial charge in [0.05, 0.1) is 11.7 Å². The summed E-state index contributed by atoms with van der Waals surface area (Å²) >= 11 is 0. The van der Waals surface area contributed by atoms with E-state index in [2.05, 4.69) is 10.4 Å². The standard InChI is InChI=1S/C14H18N4O/c1-2-5-13(15)14(19)17-11-6-3-7-12(10-11)18-9-4-8-16-18/h3-4,6-10,13H,2,5,15H2,1H3,(H,17,19)/t13-/m1/s1. The van der Waals surface area contributed by atoms with Gasteiger partial charge in [0.15, 0.2) is 0 Å². The maximum Gasteiger partial charge on any atom is 0.241 e. The number of benzene rings is 1. The van der Waals surface area contributed by atoms with Crippen LogP contribution >= 0.6 is 0 Å². The van der Waals surface area contributed by atoms with Gasteiger partial charge in [0.25, 0.3) is 0 Å². The summed E-state index contributed by atoms with van der Waals surface area (Å²) in [6, 6.07) is 8.89. The van der Waals surface area contributed by atoms with Gasteiger partial charge in [-0.1, -0.05) is 19.4 Å². The number of carbonyl (C=O) groups is 1. The molecule has 1 aromatic heterocycles. The Hall–Kier alpha value is -2.14. The van der Waals surface area contributed by atoms with Crippen molar-refractivity contribution in [3.63, 3.8) is 0 Å². The molecule has 0 saturated heterocycles. The van der Waals surface area contributed by atoms with Crippen molar-refractivity contribution < 1.29 is 4.79 Å². The second-order valence-electron chi connectivity index (χ2n) is 4.39. The summed E-state index contributed by atoms with van der Waals surface area (Å²) in [5, 5.41) is 6.97. The Balaban J connectivity index is 2.09. The number of nitrogens with one attached hydrogen (secondary N) is 1. The van der Waals surface area contributed by atoms with Crippen LogP contribution in [0.1, 0.15) is 19.8 Å². The third-order valence-corrected chi connectivity index (χ3v) is 2.82. The van der Waals surface area contributed by atoms with Gasteiger partial charge in [-0.15, -0.1) is 0 Å². The molecule has 2 aromatic rings. The second kappa shape index (κ2) is 6.15. The van der Waals surface area contributed by atoms with Crippen LogP contribution in [-0.4, -0.2) is 21.7 Å². The fraction of sp³-hybridized carbons (Fsp3) is 0.286. The minimum atomic E-state index is -0.460. The van der Waals surface area contributed by atoms with Crippen LogP contribution < -0.4 is 11.1 Å². The number of anilines is 1. The van der Waals surface area contributed by atoms with Crippen molar-refractivity contribution in [1.29, 1.82) is 0 Å². The first-order chi connectivity index (χ1) is 9.20. The maximum atomic E-state index is 11.8. The van der Waals surface area contributed by atoms with E-state index in [0.717, 1.165) is 17.8 Å². The zero-order valence-corrected chi connectivity index (χ0v) is 10.9. The summed E-state index contributed by atoms with van der Waals surface area (Å²) in [7, 11) is 0. The lowest BCUT2D eigenvalue weighted by molar-refractivity contribution is -0.117. The molecule has 19 heavy (non-hydrogen) atoms. The van der Waals surface area contributed by atoms with Crippen molar-refractivity contribution in [1.82, 2.24) is 9.78 Å². The van der Waals surface area contributed by atoms with Crippen LogP contribution in [0, 0.1) is 0 Å². The summed E-state index contributed by atoms with van der Waals surface area (Å²) in [6.07, 6.45) is 5.14. The van der Waals surface area contributed by atoms with E-state index in [1.165, 1.54) is 0 Å². The van der Waals surface area contributed by atoms with Gasteiger partial charge in [0.2, 0.25) is 5.91 Å². The van der Waals surface area contributed by atoms with Gasteiger partial charge >= 0.3 is 0 Å². The summed E-state index contributed by atoms with van der Waals surface area (Å²) < 4.78 is 1.74. The lowest BCUT2D eigenvalue weighted by Crippen LogP contribution is -2.35. The van der Waals surface area contributed by atoms with Crippen molar-refractivity contribution in [2.24, 2.45) is 5.73 Å². The Morgan fingerprint density at radius 1 is 1.47 bits per heavy atom. The lowest BCUT2D eigenvalue weighted by Gasteiger charge is -2.12. The zero-order valence-electron chi connectivity index (χ0n) is 10.9. The van der Waals surface area contributed by atoms with Crippen LogP contribution in [0.25, 0.3) is 5.69 Å². The Bertz CT molecular complexity index is 536. The molecular weight excluding hydrogens is 240 g/mol. The highest BCUT2D eigenvalue weighted by Gasteiger charge is 2.12. The van der Waals surface area contributed by atoms with Crippen molar-refractivity contribution in [2.75, 3.05) is 5.32 Å². The van der Waals surface area contributed by atoms with Gasteiger partial charge in [-0.25, -0.2) is 4.68 Å². The number of hydrogen-bond acceptors (Lipinski definition) is 3. The Kier molecular flexibility index (Phi) is 4.30. The van der Waals surface area contributed by atoms with Gasteiger partial charge in [-0.05, 0) is 30.7 Å². The predicted octanol–water partition coefficient (Wildman–Crippen LogP) is 1.94. The number of nitrogens with zero attached hydrogens (tertiary/aromatic N) is 2. The molecule has 0 fully saturated rings. The van der Waals surface area contributed by atoms with Crippen LogP contribution in [0.2, 0.25) is 0 Å². The van der Waals surface area contributed by atoms with E-state index < -0.39 is 6.04 Å². The predicted molar refractivity (Wildman–Crippen MR) is 75.1 cm³/mol. The highest BCUT2D eigenvalue weighted by atomic mass is 16.2. The Labute approximate surface area is 112 Å². The SMILES string of the molecule is CCC[C@@H](N)C(=O)Nc1cccc(-n2cccn2)c1. The minimum Gasteiger partial charge on any atom is -0.325 e. The van der Waals surface area contributed by atoms with E-state index in [-0.39, 0.29) is 5.91 Å². The Morgan fingerprint density at radius 2 is 2.32 bits per heavy atom. The summed E-state index contributed by atoms with van der Waals surface area (Å²) in [5.41, 5.74) is 7.40. The molecule has 0 saturated carbocycles. The van der Waals surface area contributed by atoms with Crippen LogP contribution in [0.3, 0.4) is 0 Å². The first-order valence-corrected chi connectivity index (χ1v) is 6.37. The molecule has 0 unspecified atom stereocenters. The van der Waals surface area contributed by atoms with Gasteiger partial charge < -0.3 is 11.1 Å². The fourth-order valence-corrected chi connectivity index (χ4v) is 1.82. The quantitative estimate of drug-likeness (QED) is 0.860. The molecule has 1 aromatic carbocycles. The average molecular weight is 258 g/mol. The lowest BCUT2D eigenvalue weighted by atomic mass is 10.1. The number of carbonyl (C=O) groups excluding carboxylic acids is 1. The largest absolute Gasteiger partial charge is 0.325 e. The topological polar surface area (TPSA) is 72.9 Å². The third kappa shape index (κ3) is 3.42. The molecule has 3 N–H and O–H groups in total. The number of amides is 1. The molecule has 0 aliphatic rings. The number of nitrogens with two attached hydrogens (primary N) is 1. The normalized spacial score (nSPS) is 12.1. The average Bonchev–Trinajstić information content (AvgIpc) is 2.93. The van der Waals surface area contributed by atoms with Crippen molar-refractivity contribution >= 4 is 11.6 Å². The molecule has 1 heterocycles. The minimum absolute atomic E-state index is 0.153. The van der Waals surface area contributed by atoms with Crippen LogP contribution in [0.15, 0.2) is 42.7 Å². The molecule has 0 aliphatic heterocycles. The first kappa shape index (κ1) is 13.3. The Morgan fingerprint density at radius 3 is 3.00 bits per heavy atom.